The second-order valence-corrected chi connectivity index (χ2v) is 4.01. The monoisotopic (exact) mass is 238 g/mol. The number of para-hydroxylation sites is 1. The van der Waals surface area contributed by atoms with Crippen molar-refractivity contribution in [1.29, 1.82) is 0 Å². The highest BCUT2D eigenvalue weighted by molar-refractivity contribution is 5.94. The molecule has 0 saturated heterocycles. The van der Waals surface area contributed by atoms with Crippen LogP contribution in [0.2, 0.25) is 0 Å². The summed E-state index contributed by atoms with van der Waals surface area (Å²) in [5, 5.41) is 0. The summed E-state index contributed by atoms with van der Waals surface area (Å²) in [6.45, 7) is 4.56. The van der Waals surface area contributed by atoms with Gasteiger partial charge in [0.1, 0.15) is 5.82 Å². The van der Waals surface area contributed by atoms with Gasteiger partial charge in [-0.2, -0.15) is 0 Å². The number of carbonyl (C=O) groups is 1. The van der Waals surface area contributed by atoms with Crippen LogP contribution in [-0.2, 0) is 4.79 Å². The SMILES string of the molecule is CCN(C(=O)C(C)CCN)c1ccccc1F. The van der Waals surface area contributed by atoms with Gasteiger partial charge in [0.2, 0.25) is 5.91 Å². The molecule has 17 heavy (non-hydrogen) atoms. The fourth-order valence-electron chi connectivity index (χ4n) is 1.76. The largest absolute Gasteiger partial charge is 0.330 e. The van der Waals surface area contributed by atoms with E-state index >= 15 is 0 Å². The van der Waals surface area contributed by atoms with Crippen LogP contribution in [0.3, 0.4) is 0 Å². The van der Waals surface area contributed by atoms with Crippen molar-refractivity contribution in [2.45, 2.75) is 20.3 Å². The van der Waals surface area contributed by atoms with Crippen LogP contribution in [0.25, 0.3) is 0 Å². The van der Waals surface area contributed by atoms with Crippen molar-refractivity contribution in [3.63, 3.8) is 0 Å². The number of hydrogen-bond donors (Lipinski definition) is 1. The lowest BCUT2D eigenvalue weighted by Gasteiger charge is -2.24. The molecule has 0 saturated carbocycles. The fourth-order valence-corrected chi connectivity index (χ4v) is 1.76. The van der Waals surface area contributed by atoms with Gasteiger partial charge in [-0.25, -0.2) is 4.39 Å². The second kappa shape index (κ2) is 6.35. The number of nitrogens with two attached hydrogens (primary N) is 1. The summed E-state index contributed by atoms with van der Waals surface area (Å²) >= 11 is 0. The van der Waals surface area contributed by atoms with Crippen LogP contribution in [0.15, 0.2) is 24.3 Å². The number of anilines is 1. The molecule has 2 N–H and O–H groups in total. The molecule has 0 aliphatic heterocycles. The van der Waals surface area contributed by atoms with Gasteiger partial charge >= 0.3 is 0 Å². The first-order valence-corrected chi connectivity index (χ1v) is 5.87. The molecule has 0 heterocycles. The Morgan fingerprint density at radius 2 is 2.12 bits per heavy atom. The third-order valence-corrected chi connectivity index (χ3v) is 2.75. The Morgan fingerprint density at radius 1 is 1.47 bits per heavy atom. The normalized spacial score (nSPS) is 12.2. The van der Waals surface area contributed by atoms with Gasteiger partial charge in [-0.1, -0.05) is 19.1 Å². The summed E-state index contributed by atoms with van der Waals surface area (Å²) in [6, 6.07) is 6.31. The van der Waals surface area contributed by atoms with Crippen LogP contribution in [0.5, 0.6) is 0 Å². The van der Waals surface area contributed by atoms with E-state index in [0.717, 1.165) is 0 Å². The molecular formula is C13H19FN2O. The molecule has 0 bridgehead atoms. The molecule has 0 fully saturated rings. The molecule has 3 nitrogen and oxygen atoms in total. The number of amides is 1. The molecule has 0 aliphatic carbocycles. The Balaban J connectivity index is 2.92. The summed E-state index contributed by atoms with van der Waals surface area (Å²) in [5.74, 6) is -0.634. The quantitative estimate of drug-likeness (QED) is 0.854. The first-order valence-electron chi connectivity index (χ1n) is 5.87. The van der Waals surface area contributed by atoms with Crippen molar-refractivity contribution < 1.29 is 9.18 Å². The Hall–Kier alpha value is -1.42. The summed E-state index contributed by atoms with van der Waals surface area (Å²) in [4.78, 5) is 13.6. The number of rotatable bonds is 5. The highest BCUT2D eigenvalue weighted by Crippen LogP contribution is 2.21. The average Bonchev–Trinajstić information content (AvgIpc) is 2.32. The molecule has 1 rings (SSSR count). The maximum absolute atomic E-state index is 13.6. The first kappa shape index (κ1) is 13.6. The highest BCUT2D eigenvalue weighted by atomic mass is 19.1. The van der Waals surface area contributed by atoms with Gasteiger partial charge in [0, 0.05) is 12.5 Å². The Morgan fingerprint density at radius 3 is 2.65 bits per heavy atom. The zero-order valence-electron chi connectivity index (χ0n) is 10.3. The van der Waals surface area contributed by atoms with Crippen molar-refractivity contribution >= 4 is 11.6 Å². The average molecular weight is 238 g/mol. The van der Waals surface area contributed by atoms with E-state index in [1.54, 1.807) is 18.2 Å². The topological polar surface area (TPSA) is 46.3 Å². The van der Waals surface area contributed by atoms with E-state index < -0.39 is 0 Å². The van der Waals surface area contributed by atoms with E-state index in [2.05, 4.69) is 0 Å². The van der Waals surface area contributed by atoms with Crippen LogP contribution >= 0.6 is 0 Å². The number of nitrogens with zero attached hydrogens (tertiary/aromatic N) is 1. The number of benzene rings is 1. The molecule has 1 atom stereocenters. The predicted molar refractivity (Wildman–Crippen MR) is 67.3 cm³/mol. The van der Waals surface area contributed by atoms with Gasteiger partial charge in [-0.05, 0) is 32.0 Å². The lowest BCUT2D eigenvalue weighted by Crippen LogP contribution is -2.36. The van der Waals surface area contributed by atoms with Gasteiger partial charge < -0.3 is 10.6 Å². The third-order valence-electron chi connectivity index (χ3n) is 2.75. The smallest absolute Gasteiger partial charge is 0.229 e. The van der Waals surface area contributed by atoms with Crippen molar-refractivity contribution in [1.82, 2.24) is 0 Å². The Bertz CT molecular complexity index is 381. The Kier molecular flexibility index (Phi) is 5.10. The summed E-state index contributed by atoms with van der Waals surface area (Å²) < 4.78 is 13.6. The molecule has 0 spiro atoms. The summed E-state index contributed by atoms with van der Waals surface area (Å²) in [5.41, 5.74) is 5.77. The minimum atomic E-state index is -0.373. The lowest BCUT2D eigenvalue weighted by molar-refractivity contribution is -0.122. The number of carbonyl (C=O) groups excluding carboxylic acids is 1. The molecular weight excluding hydrogens is 219 g/mol. The van der Waals surface area contributed by atoms with Crippen molar-refractivity contribution in [2.24, 2.45) is 11.7 Å². The molecule has 1 unspecified atom stereocenters. The van der Waals surface area contributed by atoms with Gasteiger partial charge in [0.05, 0.1) is 5.69 Å². The van der Waals surface area contributed by atoms with Crippen LogP contribution in [0, 0.1) is 11.7 Å². The molecule has 1 aromatic carbocycles. The Labute approximate surface area is 101 Å². The van der Waals surface area contributed by atoms with E-state index in [1.807, 2.05) is 13.8 Å². The van der Waals surface area contributed by atoms with Crippen LogP contribution in [0.1, 0.15) is 20.3 Å². The minimum absolute atomic E-state index is 0.0805. The number of hydrogen-bond acceptors (Lipinski definition) is 2. The number of halogens is 1. The van der Waals surface area contributed by atoms with E-state index in [9.17, 15) is 9.18 Å². The summed E-state index contributed by atoms with van der Waals surface area (Å²) in [7, 11) is 0. The van der Waals surface area contributed by atoms with E-state index in [0.29, 0.717) is 25.2 Å². The molecule has 1 aromatic rings. The molecule has 0 radical (unpaired) electrons. The van der Waals surface area contributed by atoms with Crippen molar-refractivity contribution in [3.8, 4) is 0 Å². The molecule has 4 heteroatoms. The maximum Gasteiger partial charge on any atom is 0.229 e. The predicted octanol–water partition coefficient (Wildman–Crippen LogP) is 2.16. The van der Waals surface area contributed by atoms with Gasteiger partial charge in [0.25, 0.3) is 0 Å². The van der Waals surface area contributed by atoms with Crippen molar-refractivity contribution in [3.05, 3.63) is 30.1 Å². The van der Waals surface area contributed by atoms with Gasteiger partial charge in [-0.3, -0.25) is 4.79 Å². The van der Waals surface area contributed by atoms with Gasteiger partial charge in [-0.15, -0.1) is 0 Å². The summed E-state index contributed by atoms with van der Waals surface area (Å²) in [6.07, 6.45) is 0.615. The molecule has 0 aliphatic rings. The molecule has 94 valence electrons. The standard InChI is InChI=1S/C13H19FN2O/c1-3-16(13(17)10(2)8-9-15)12-7-5-4-6-11(12)14/h4-7,10H,3,8-9,15H2,1-2H3. The lowest BCUT2D eigenvalue weighted by atomic mass is 10.1. The second-order valence-electron chi connectivity index (χ2n) is 4.01. The van der Waals surface area contributed by atoms with Crippen LogP contribution < -0.4 is 10.6 Å². The molecule has 0 aromatic heterocycles. The minimum Gasteiger partial charge on any atom is -0.330 e. The first-order chi connectivity index (χ1) is 8.11. The highest BCUT2D eigenvalue weighted by Gasteiger charge is 2.21. The van der Waals surface area contributed by atoms with E-state index in [4.69, 9.17) is 5.73 Å². The zero-order valence-corrected chi connectivity index (χ0v) is 10.3. The van der Waals surface area contributed by atoms with Crippen molar-refractivity contribution in [2.75, 3.05) is 18.0 Å². The van der Waals surface area contributed by atoms with Crippen LogP contribution in [0.4, 0.5) is 10.1 Å². The zero-order chi connectivity index (χ0) is 12.8. The van der Waals surface area contributed by atoms with E-state index in [1.165, 1.54) is 11.0 Å². The van der Waals surface area contributed by atoms with Crippen LogP contribution in [-0.4, -0.2) is 19.0 Å². The van der Waals surface area contributed by atoms with E-state index in [-0.39, 0.29) is 17.6 Å². The fraction of sp³-hybridized carbons (Fsp3) is 0.462. The molecule has 1 amide bonds. The third kappa shape index (κ3) is 3.27. The maximum atomic E-state index is 13.6. The van der Waals surface area contributed by atoms with Gasteiger partial charge in [0.15, 0.2) is 0 Å².